The van der Waals surface area contributed by atoms with Gasteiger partial charge in [-0.3, -0.25) is 4.79 Å². The van der Waals surface area contributed by atoms with Gasteiger partial charge < -0.3 is 10.0 Å². The second-order valence-corrected chi connectivity index (χ2v) is 4.69. The fourth-order valence-corrected chi connectivity index (χ4v) is 2.31. The smallest absolute Gasteiger partial charge is 0.419 e. The monoisotopic (exact) mass is 305 g/mol. The highest BCUT2D eigenvalue weighted by Gasteiger charge is 2.37. The number of amides is 1. The van der Waals surface area contributed by atoms with Gasteiger partial charge in [-0.05, 0) is 31.0 Å². The lowest BCUT2D eigenvalue weighted by Gasteiger charge is -2.21. The summed E-state index contributed by atoms with van der Waals surface area (Å²) < 4.78 is 50.8. The number of likely N-dealkylation sites (tertiary alicyclic amines) is 1. The number of carboxylic acids is 1. The molecule has 114 valence electrons. The van der Waals surface area contributed by atoms with Gasteiger partial charge in [0, 0.05) is 12.1 Å². The quantitative estimate of drug-likeness (QED) is 0.854. The van der Waals surface area contributed by atoms with E-state index in [9.17, 15) is 27.2 Å². The zero-order valence-electron chi connectivity index (χ0n) is 10.7. The minimum absolute atomic E-state index is 0.179. The Hall–Kier alpha value is -2.12. The van der Waals surface area contributed by atoms with Gasteiger partial charge in [0.2, 0.25) is 0 Å². The minimum Gasteiger partial charge on any atom is -0.480 e. The van der Waals surface area contributed by atoms with E-state index in [0.29, 0.717) is 18.6 Å². The van der Waals surface area contributed by atoms with Crippen LogP contribution in [0, 0.1) is 5.82 Å². The number of aliphatic carboxylic acids is 1. The number of nitrogens with zero attached hydrogens (tertiary/aromatic N) is 1. The molecule has 0 aromatic heterocycles. The van der Waals surface area contributed by atoms with Gasteiger partial charge in [0.05, 0.1) is 5.56 Å². The van der Waals surface area contributed by atoms with E-state index in [1.807, 2.05) is 0 Å². The van der Waals surface area contributed by atoms with Gasteiger partial charge in [0.1, 0.15) is 11.9 Å². The number of carboxylic acid groups (broad SMARTS) is 1. The highest BCUT2D eigenvalue weighted by molar-refractivity contribution is 5.97. The van der Waals surface area contributed by atoms with E-state index in [1.165, 1.54) is 0 Å². The van der Waals surface area contributed by atoms with E-state index >= 15 is 0 Å². The summed E-state index contributed by atoms with van der Waals surface area (Å²) in [6.45, 7) is 0.179. The number of hydrogen-bond donors (Lipinski definition) is 1. The van der Waals surface area contributed by atoms with Crippen LogP contribution in [0.15, 0.2) is 18.2 Å². The Balaban J connectivity index is 2.28. The van der Waals surface area contributed by atoms with Crippen LogP contribution in [0.3, 0.4) is 0 Å². The molecule has 1 aliphatic heterocycles. The molecule has 1 aliphatic rings. The first-order valence-electron chi connectivity index (χ1n) is 6.12. The summed E-state index contributed by atoms with van der Waals surface area (Å²) in [6, 6.07) is 0.797. The van der Waals surface area contributed by atoms with Crippen LogP contribution in [-0.2, 0) is 11.0 Å². The van der Waals surface area contributed by atoms with Crippen molar-refractivity contribution in [1.82, 2.24) is 4.90 Å². The first kappa shape index (κ1) is 15.3. The normalized spacial score (nSPS) is 18.9. The maximum Gasteiger partial charge on any atom is 0.419 e. The van der Waals surface area contributed by atoms with Gasteiger partial charge in [-0.25, -0.2) is 9.18 Å². The number of carbonyl (C=O) groups excluding carboxylic acids is 1. The highest BCUT2D eigenvalue weighted by atomic mass is 19.4. The first-order valence-corrected chi connectivity index (χ1v) is 6.12. The Morgan fingerprint density at radius 3 is 2.48 bits per heavy atom. The average Bonchev–Trinajstić information content (AvgIpc) is 2.85. The van der Waals surface area contributed by atoms with Gasteiger partial charge in [-0.2, -0.15) is 13.2 Å². The third kappa shape index (κ3) is 2.98. The van der Waals surface area contributed by atoms with Gasteiger partial charge in [-0.15, -0.1) is 0 Å². The topological polar surface area (TPSA) is 57.6 Å². The van der Waals surface area contributed by atoms with Crippen LogP contribution in [0.5, 0.6) is 0 Å². The molecule has 2 rings (SSSR count). The molecule has 1 N–H and O–H groups in total. The molecule has 0 aliphatic carbocycles. The summed E-state index contributed by atoms with van der Waals surface area (Å²) in [6.07, 6.45) is -4.10. The molecule has 0 spiro atoms. The van der Waals surface area contributed by atoms with Crippen molar-refractivity contribution in [1.29, 1.82) is 0 Å². The lowest BCUT2D eigenvalue weighted by atomic mass is 10.1. The Bertz CT molecular complexity index is 585. The van der Waals surface area contributed by atoms with Crippen molar-refractivity contribution in [3.05, 3.63) is 35.1 Å². The average molecular weight is 305 g/mol. The minimum atomic E-state index is -4.84. The van der Waals surface area contributed by atoms with Crippen molar-refractivity contribution in [2.75, 3.05) is 6.54 Å². The highest BCUT2D eigenvalue weighted by Crippen LogP contribution is 2.32. The molecule has 0 radical (unpaired) electrons. The van der Waals surface area contributed by atoms with Crippen LogP contribution < -0.4 is 0 Å². The Morgan fingerprint density at radius 2 is 1.95 bits per heavy atom. The maximum atomic E-state index is 13.4. The molecule has 21 heavy (non-hydrogen) atoms. The van der Waals surface area contributed by atoms with Crippen LogP contribution in [0.2, 0.25) is 0 Å². The molecule has 4 nitrogen and oxygen atoms in total. The second kappa shape index (κ2) is 5.34. The van der Waals surface area contributed by atoms with Crippen LogP contribution in [0.4, 0.5) is 17.6 Å². The number of carbonyl (C=O) groups is 2. The molecule has 1 fully saturated rings. The van der Waals surface area contributed by atoms with Crippen molar-refractivity contribution in [2.24, 2.45) is 0 Å². The fraction of sp³-hybridized carbons (Fsp3) is 0.385. The fourth-order valence-electron chi connectivity index (χ4n) is 2.31. The van der Waals surface area contributed by atoms with Gasteiger partial charge >= 0.3 is 12.1 Å². The zero-order valence-corrected chi connectivity index (χ0v) is 10.7. The Morgan fingerprint density at radius 1 is 1.29 bits per heavy atom. The third-order valence-corrected chi connectivity index (χ3v) is 3.32. The van der Waals surface area contributed by atoms with Crippen molar-refractivity contribution >= 4 is 11.9 Å². The maximum absolute atomic E-state index is 13.4. The summed E-state index contributed by atoms with van der Waals surface area (Å²) in [4.78, 5) is 24.1. The summed E-state index contributed by atoms with van der Waals surface area (Å²) in [5, 5.41) is 8.97. The van der Waals surface area contributed by atoms with E-state index in [0.717, 1.165) is 11.0 Å². The van der Waals surface area contributed by atoms with E-state index < -0.39 is 35.5 Å². The predicted octanol–water partition coefficient (Wildman–Crippen LogP) is 2.53. The van der Waals surface area contributed by atoms with Crippen LogP contribution in [0.1, 0.15) is 28.8 Å². The molecule has 0 bridgehead atoms. The van der Waals surface area contributed by atoms with Crippen molar-refractivity contribution < 1.29 is 32.3 Å². The van der Waals surface area contributed by atoms with Crippen LogP contribution in [-0.4, -0.2) is 34.5 Å². The van der Waals surface area contributed by atoms with Crippen molar-refractivity contribution in [3.63, 3.8) is 0 Å². The Labute approximate surface area is 117 Å². The molecule has 1 aromatic rings. The van der Waals surface area contributed by atoms with E-state index in [-0.39, 0.29) is 18.5 Å². The first-order chi connectivity index (χ1) is 9.71. The predicted molar refractivity (Wildman–Crippen MR) is 63.1 cm³/mol. The number of halogens is 4. The molecule has 1 aromatic carbocycles. The summed E-state index contributed by atoms with van der Waals surface area (Å²) in [5.74, 6) is -3.53. The molecule has 0 saturated carbocycles. The van der Waals surface area contributed by atoms with Gasteiger partial charge in [-0.1, -0.05) is 0 Å². The zero-order chi connectivity index (χ0) is 15.8. The summed E-state index contributed by atoms with van der Waals surface area (Å²) in [7, 11) is 0. The molecule has 8 heteroatoms. The number of hydrogen-bond acceptors (Lipinski definition) is 2. The SMILES string of the molecule is O=C(O)[C@@H]1CCCN1C(=O)c1ccc(C(F)(F)F)c(F)c1. The van der Waals surface area contributed by atoms with Crippen LogP contribution in [0.25, 0.3) is 0 Å². The lowest BCUT2D eigenvalue weighted by molar-refractivity contribution is -0.141. The standard InChI is InChI=1S/C13H11F4NO3/c14-9-6-7(3-4-8(9)13(15,16)17)11(19)18-5-1-2-10(18)12(20)21/h3-4,6,10H,1-2,5H2,(H,20,21)/t10-/m0/s1. The number of benzene rings is 1. The summed E-state index contributed by atoms with van der Waals surface area (Å²) >= 11 is 0. The van der Waals surface area contributed by atoms with E-state index in [2.05, 4.69) is 0 Å². The Kier molecular flexibility index (Phi) is 3.89. The van der Waals surface area contributed by atoms with Crippen molar-refractivity contribution in [3.8, 4) is 0 Å². The van der Waals surface area contributed by atoms with E-state index in [1.54, 1.807) is 0 Å². The second-order valence-electron chi connectivity index (χ2n) is 4.69. The van der Waals surface area contributed by atoms with E-state index in [4.69, 9.17) is 5.11 Å². The molecule has 1 atom stereocenters. The van der Waals surface area contributed by atoms with Gasteiger partial charge in [0.15, 0.2) is 0 Å². The van der Waals surface area contributed by atoms with Gasteiger partial charge in [0.25, 0.3) is 5.91 Å². The molecule has 1 amide bonds. The molecule has 1 heterocycles. The number of alkyl halides is 3. The largest absolute Gasteiger partial charge is 0.480 e. The third-order valence-electron chi connectivity index (χ3n) is 3.32. The number of rotatable bonds is 2. The van der Waals surface area contributed by atoms with Crippen molar-refractivity contribution in [2.45, 2.75) is 25.1 Å². The molecular weight excluding hydrogens is 294 g/mol. The molecule has 0 unspecified atom stereocenters. The lowest BCUT2D eigenvalue weighted by Crippen LogP contribution is -2.40. The molecule has 1 saturated heterocycles. The molecular formula is C13H11F4NO3. The van der Waals surface area contributed by atoms with Crippen LogP contribution >= 0.6 is 0 Å². The summed E-state index contributed by atoms with van der Waals surface area (Å²) in [5.41, 5.74) is -1.76.